The lowest BCUT2D eigenvalue weighted by atomic mass is 9.72. The van der Waals surface area contributed by atoms with Gasteiger partial charge in [-0.15, -0.1) is 0 Å². The summed E-state index contributed by atoms with van der Waals surface area (Å²) in [6.07, 6.45) is 3.16. The highest BCUT2D eigenvalue weighted by molar-refractivity contribution is 5.88. The molecule has 0 N–H and O–H groups in total. The van der Waals surface area contributed by atoms with Crippen molar-refractivity contribution in [3.63, 3.8) is 0 Å². The molecular formula is C29H33N3O3. The molecule has 35 heavy (non-hydrogen) atoms. The first-order valence-electron chi connectivity index (χ1n) is 12.6. The molecule has 0 saturated carbocycles. The van der Waals surface area contributed by atoms with Crippen molar-refractivity contribution < 1.29 is 14.3 Å². The molecule has 2 saturated heterocycles. The molecule has 0 aliphatic carbocycles. The fourth-order valence-electron chi connectivity index (χ4n) is 5.34. The molecule has 182 valence electrons. The van der Waals surface area contributed by atoms with E-state index in [0.29, 0.717) is 32.2 Å². The van der Waals surface area contributed by atoms with Crippen LogP contribution >= 0.6 is 0 Å². The van der Waals surface area contributed by atoms with Crippen molar-refractivity contribution in [2.45, 2.75) is 50.9 Å². The van der Waals surface area contributed by atoms with Crippen LogP contribution in [0.1, 0.15) is 54.2 Å². The van der Waals surface area contributed by atoms with Gasteiger partial charge in [0.25, 0.3) is 0 Å². The van der Waals surface area contributed by atoms with E-state index in [1.165, 1.54) is 5.56 Å². The number of rotatable bonds is 5. The number of aromatic nitrogens is 2. The van der Waals surface area contributed by atoms with Crippen LogP contribution in [0.5, 0.6) is 11.6 Å². The first kappa shape index (κ1) is 23.5. The Balaban J connectivity index is 1.30. The Hall–Kier alpha value is -3.25. The average Bonchev–Trinajstić information content (AvgIpc) is 2.89. The summed E-state index contributed by atoms with van der Waals surface area (Å²) >= 11 is 0. The lowest BCUT2D eigenvalue weighted by Crippen LogP contribution is -2.52. The molecule has 0 atom stereocenters. The fourth-order valence-corrected chi connectivity index (χ4v) is 5.34. The van der Waals surface area contributed by atoms with Crippen molar-refractivity contribution in [2.75, 3.05) is 26.3 Å². The van der Waals surface area contributed by atoms with Gasteiger partial charge in [-0.25, -0.2) is 4.98 Å². The second kappa shape index (κ2) is 10.2. The van der Waals surface area contributed by atoms with Crippen LogP contribution < -0.4 is 4.74 Å². The summed E-state index contributed by atoms with van der Waals surface area (Å²) in [5, 5.41) is 0. The van der Waals surface area contributed by atoms with Gasteiger partial charge in [-0.3, -0.25) is 4.79 Å². The highest BCUT2D eigenvalue weighted by Crippen LogP contribution is 2.39. The van der Waals surface area contributed by atoms with Gasteiger partial charge in [-0.1, -0.05) is 48.0 Å². The van der Waals surface area contributed by atoms with Gasteiger partial charge in [-0.2, -0.15) is 4.98 Å². The smallest absolute Gasteiger partial charge is 0.233 e. The summed E-state index contributed by atoms with van der Waals surface area (Å²) in [5.74, 6) is 2.58. The minimum Gasteiger partial charge on any atom is -0.439 e. The van der Waals surface area contributed by atoms with Crippen LogP contribution in [0.2, 0.25) is 0 Å². The molecule has 3 heterocycles. The molecule has 3 aromatic rings. The number of amides is 1. The zero-order valence-electron chi connectivity index (χ0n) is 20.6. The molecular weight excluding hydrogens is 438 g/mol. The third-order valence-electron chi connectivity index (χ3n) is 7.29. The number of benzene rings is 2. The zero-order valence-corrected chi connectivity index (χ0v) is 20.6. The molecule has 0 spiro atoms. The maximum Gasteiger partial charge on any atom is 0.233 e. The van der Waals surface area contributed by atoms with Crippen molar-refractivity contribution >= 4 is 5.91 Å². The van der Waals surface area contributed by atoms with Gasteiger partial charge in [0.2, 0.25) is 11.8 Å². The fraction of sp³-hybridized carbons (Fsp3) is 0.414. The highest BCUT2D eigenvalue weighted by atomic mass is 16.5. The topological polar surface area (TPSA) is 64.6 Å². The van der Waals surface area contributed by atoms with Crippen molar-refractivity contribution in [1.82, 2.24) is 14.9 Å². The summed E-state index contributed by atoms with van der Waals surface area (Å²) in [7, 11) is 0. The van der Waals surface area contributed by atoms with Crippen molar-refractivity contribution in [3.05, 3.63) is 83.3 Å². The van der Waals surface area contributed by atoms with Gasteiger partial charge >= 0.3 is 0 Å². The van der Waals surface area contributed by atoms with E-state index in [0.717, 1.165) is 48.5 Å². The molecule has 1 amide bonds. The second-order valence-electron chi connectivity index (χ2n) is 9.75. The van der Waals surface area contributed by atoms with E-state index in [2.05, 4.69) is 36.1 Å². The maximum absolute atomic E-state index is 14.0. The number of para-hydroxylation sites is 1. The summed E-state index contributed by atoms with van der Waals surface area (Å²) in [5.41, 5.74) is 2.70. The van der Waals surface area contributed by atoms with Crippen LogP contribution in [0.25, 0.3) is 0 Å². The number of carbonyl (C=O) groups excluding carboxylic acids is 1. The number of piperidine rings is 1. The SMILES string of the molecule is Cc1cccc(C2(C(=O)N3CCC(c4nc(C)cc(Oc5ccccc5)n4)CC3)CCOCC2)c1. The zero-order chi connectivity index (χ0) is 24.3. The lowest BCUT2D eigenvalue weighted by Gasteiger charge is -2.42. The predicted octanol–water partition coefficient (Wildman–Crippen LogP) is 5.34. The van der Waals surface area contributed by atoms with Gasteiger partial charge in [0.05, 0.1) is 5.41 Å². The number of likely N-dealkylation sites (tertiary alicyclic amines) is 1. The summed E-state index contributed by atoms with van der Waals surface area (Å²) in [4.78, 5) is 25.5. The van der Waals surface area contributed by atoms with E-state index < -0.39 is 5.41 Å². The maximum atomic E-state index is 14.0. The van der Waals surface area contributed by atoms with Crippen molar-refractivity contribution in [3.8, 4) is 11.6 Å². The van der Waals surface area contributed by atoms with Crippen LogP contribution in [0.15, 0.2) is 60.7 Å². The Morgan fingerprint density at radius 2 is 1.71 bits per heavy atom. The molecule has 0 bridgehead atoms. The van der Waals surface area contributed by atoms with Gasteiger partial charge in [0.1, 0.15) is 11.6 Å². The molecule has 1 aromatic heterocycles. The molecule has 0 radical (unpaired) electrons. The molecule has 6 heteroatoms. The summed E-state index contributed by atoms with van der Waals surface area (Å²) < 4.78 is 11.6. The largest absolute Gasteiger partial charge is 0.439 e. The molecule has 0 unspecified atom stereocenters. The third-order valence-corrected chi connectivity index (χ3v) is 7.29. The average molecular weight is 472 g/mol. The minimum absolute atomic E-state index is 0.210. The standard InChI is InChI=1S/C29H33N3O3/c1-21-7-6-8-24(19-21)29(13-17-34-18-14-29)28(33)32-15-11-23(12-16-32)27-30-22(2)20-26(31-27)35-25-9-4-3-5-10-25/h3-10,19-20,23H,11-18H2,1-2H3. The van der Waals surface area contributed by atoms with Crippen molar-refractivity contribution in [2.24, 2.45) is 0 Å². The first-order valence-corrected chi connectivity index (χ1v) is 12.6. The predicted molar refractivity (Wildman–Crippen MR) is 135 cm³/mol. The first-order chi connectivity index (χ1) is 17.0. The summed E-state index contributed by atoms with van der Waals surface area (Å²) in [6, 6.07) is 20.0. The van der Waals surface area contributed by atoms with Gasteiger partial charge in [-0.05, 0) is 57.2 Å². The van der Waals surface area contributed by atoms with E-state index in [1.807, 2.05) is 43.3 Å². The molecule has 2 aromatic carbocycles. The quantitative estimate of drug-likeness (QED) is 0.503. The molecule has 2 aliphatic rings. The minimum atomic E-state index is -0.492. The monoisotopic (exact) mass is 471 g/mol. The second-order valence-corrected chi connectivity index (χ2v) is 9.75. The number of ether oxygens (including phenoxy) is 2. The highest BCUT2D eigenvalue weighted by Gasteiger charge is 2.44. The van der Waals surface area contributed by atoms with Crippen LogP contribution in [0, 0.1) is 13.8 Å². The van der Waals surface area contributed by atoms with Crippen LogP contribution in [-0.2, 0) is 14.9 Å². The van der Waals surface area contributed by atoms with E-state index >= 15 is 0 Å². The Bertz CT molecular complexity index is 1170. The Morgan fingerprint density at radius 3 is 2.43 bits per heavy atom. The molecule has 5 rings (SSSR count). The Morgan fingerprint density at radius 1 is 0.971 bits per heavy atom. The molecule has 2 fully saturated rings. The number of nitrogens with zero attached hydrogens (tertiary/aromatic N) is 3. The van der Waals surface area contributed by atoms with Gasteiger partial charge in [0, 0.05) is 44.0 Å². The Kier molecular flexibility index (Phi) is 6.82. The number of aryl methyl sites for hydroxylation is 2. The Labute approximate surface area is 207 Å². The number of carbonyl (C=O) groups is 1. The van der Waals surface area contributed by atoms with E-state index in [1.54, 1.807) is 0 Å². The van der Waals surface area contributed by atoms with Crippen LogP contribution in [0.3, 0.4) is 0 Å². The van der Waals surface area contributed by atoms with Gasteiger partial charge in [0.15, 0.2) is 0 Å². The van der Waals surface area contributed by atoms with Crippen LogP contribution in [0.4, 0.5) is 0 Å². The third kappa shape index (κ3) is 5.08. The number of hydrogen-bond donors (Lipinski definition) is 0. The molecule has 6 nitrogen and oxygen atoms in total. The number of hydrogen-bond acceptors (Lipinski definition) is 5. The van der Waals surface area contributed by atoms with E-state index in [4.69, 9.17) is 19.4 Å². The van der Waals surface area contributed by atoms with Crippen LogP contribution in [-0.4, -0.2) is 47.1 Å². The van der Waals surface area contributed by atoms with Crippen molar-refractivity contribution in [1.29, 1.82) is 0 Å². The summed E-state index contributed by atoms with van der Waals surface area (Å²) in [6.45, 7) is 6.73. The molecule has 2 aliphatic heterocycles. The van der Waals surface area contributed by atoms with E-state index in [-0.39, 0.29) is 11.8 Å². The lowest BCUT2D eigenvalue weighted by molar-refractivity contribution is -0.142. The van der Waals surface area contributed by atoms with Gasteiger partial charge < -0.3 is 14.4 Å². The normalized spacial score (nSPS) is 18.3. The van der Waals surface area contributed by atoms with E-state index in [9.17, 15) is 4.79 Å².